The van der Waals surface area contributed by atoms with Gasteiger partial charge in [-0.05, 0) is 55.3 Å². The van der Waals surface area contributed by atoms with Crippen LogP contribution in [0.5, 0.6) is 11.6 Å². The Morgan fingerprint density at radius 1 is 1.22 bits per heavy atom. The Morgan fingerprint density at radius 2 is 1.94 bits per heavy atom. The van der Waals surface area contributed by atoms with E-state index < -0.39 is 24.0 Å². The number of rotatable bonds is 5. The Kier molecular flexibility index (Phi) is 5.81. The number of aryl methyl sites for hydroxylation is 2. The van der Waals surface area contributed by atoms with Gasteiger partial charge in [0.2, 0.25) is 5.88 Å². The third-order valence-electron chi connectivity index (χ3n) is 4.59. The van der Waals surface area contributed by atoms with Gasteiger partial charge in [0.05, 0.1) is 4.91 Å². The van der Waals surface area contributed by atoms with Crippen molar-refractivity contribution >= 4 is 51.9 Å². The van der Waals surface area contributed by atoms with Crippen molar-refractivity contribution in [2.75, 3.05) is 6.54 Å². The van der Waals surface area contributed by atoms with Crippen LogP contribution in [-0.2, 0) is 9.59 Å². The quantitative estimate of drug-likeness (QED) is 0.450. The summed E-state index contributed by atoms with van der Waals surface area (Å²) in [6.45, 7) is 3.30. The third kappa shape index (κ3) is 4.27. The number of ether oxygens (including phenoxy) is 1. The summed E-state index contributed by atoms with van der Waals surface area (Å²) in [5.41, 5.74) is 1.97. The van der Waals surface area contributed by atoms with Gasteiger partial charge in [-0.15, -0.1) is 0 Å². The molecule has 0 saturated carbocycles. The molecule has 1 aliphatic heterocycles. The predicted octanol–water partition coefficient (Wildman–Crippen LogP) is 3.39. The van der Waals surface area contributed by atoms with Crippen molar-refractivity contribution in [3.05, 3.63) is 74.5 Å². The second-order valence-electron chi connectivity index (χ2n) is 7.15. The zero-order chi connectivity index (χ0) is 23.0. The molecule has 1 aromatic carbocycles. The number of aromatic nitrogens is 2. The van der Waals surface area contributed by atoms with Crippen LogP contribution >= 0.6 is 24.0 Å². The first-order chi connectivity index (χ1) is 15.2. The Morgan fingerprint density at radius 3 is 2.62 bits per heavy atom. The van der Waals surface area contributed by atoms with Crippen LogP contribution < -0.4 is 10.3 Å². The summed E-state index contributed by atoms with van der Waals surface area (Å²) in [4.78, 5) is 42.6. The van der Waals surface area contributed by atoms with E-state index in [0.717, 1.165) is 27.8 Å². The van der Waals surface area contributed by atoms with Gasteiger partial charge in [-0.3, -0.25) is 23.7 Å². The molecule has 4 rings (SSSR count). The molecule has 1 N–H and O–H groups in total. The van der Waals surface area contributed by atoms with Crippen LogP contribution in [0, 0.1) is 13.8 Å². The number of aliphatic carboxylic acids is 1. The first kappa shape index (κ1) is 21.7. The van der Waals surface area contributed by atoms with Gasteiger partial charge in [-0.1, -0.05) is 36.1 Å². The van der Waals surface area contributed by atoms with Crippen LogP contribution in [0.3, 0.4) is 0 Å². The molecule has 162 valence electrons. The summed E-state index contributed by atoms with van der Waals surface area (Å²) in [7, 11) is 0. The zero-order valence-electron chi connectivity index (χ0n) is 17.1. The van der Waals surface area contributed by atoms with Gasteiger partial charge in [-0.25, -0.2) is 0 Å². The number of carbonyl (C=O) groups is 2. The van der Waals surface area contributed by atoms with E-state index in [1.807, 2.05) is 32.0 Å². The minimum absolute atomic E-state index is 0.0368. The van der Waals surface area contributed by atoms with Crippen LogP contribution in [0.15, 0.2) is 52.3 Å². The van der Waals surface area contributed by atoms with Gasteiger partial charge in [0.15, 0.2) is 0 Å². The molecule has 3 heterocycles. The standard InChI is InChI=1S/C22H17N3O5S2/c1-12-7-13(2)9-14(8-12)30-19-15(20(28)24-6-4-3-5-17(24)23-19)10-16-21(29)25(11-18(26)27)22(31)32-16/h3-10H,11H2,1-2H3,(H,26,27). The van der Waals surface area contributed by atoms with Crippen LogP contribution in [-0.4, -0.2) is 42.1 Å². The molecule has 32 heavy (non-hydrogen) atoms. The minimum atomic E-state index is -1.19. The molecule has 10 heteroatoms. The van der Waals surface area contributed by atoms with Crippen LogP contribution in [0.2, 0.25) is 0 Å². The van der Waals surface area contributed by atoms with Crippen LogP contribution in [0.4, 0.5) is 0 Å². The summed E-state index contributed by atoms with van der Waals surface area (Å²) < 4.78 is 7.44. The summed E-state index contributed by atoms with van der Waals surface area (Å²) in [6.07, 6.45) is 2.92. The van der Waals surface area contributed by atoms with E-state index in [9.17, 15) is 14.4 Å². The average Bonchev–Trinajstić information content (AvgIpc) is 2.97. The van der Waals surface area contributed by atoms with Gasteiger partial charge in [0.25, 0.3) is 11.5 Å². The van der Waals surface area contributed by atoms with Gasteiger partial charge in [0.1, 0.15) is 27.8 Å². The number of benzene rings is 1. The normalized spacial score (nSPS) is 15.1. The Labute approximate surface area is 192 Å². The molecule has 8 nitrogen and oxygen atoms in total. The summed E-state index contributed by atoms with van der Waals surface area (Å²) in [5, 5.41) is 9.04. The first-order valence-corrected chi connectivity index (χ1v) is 10.7. The molecule has 3 aromatic rings. The molecule has 2 aromatic heterocycles. The van der Waals surface area contributed by atoms with E-state index in [0.29, 0.717) is 11.4 Å². The second-order valence-corrected chi connectivity index (χ2v) is 8.83. The highest BCUT2D eigenvalue weighted by molar-refractivity contribution is 8.26. The molecule has 1 amide bonds. The fraction of sp³-hybridized carbons (Fsp3) is 0.136. The smallest absolute Gasteiger partial charge is 0.323 e. The number of amides is 1. The number of thioether (sulfide) groups is 1. The van der Waals surface area contributed by atoms with Gasteiger partial charge in [-0.2, -0.15) is 4.98 Å². The fourth-order valence-electron chi connectivity index (χ4n) is 3.29. The Hall–Kier alpha value is -3.50. The average molecular weight is 468 g/mol. The summed E-state index contributed by atoms with van der Waals surface area (Å²) in [5.74, 6) is -1.23. The lowest BCUT2D eigenvalue weighted by molar-refractivity contribution is -0.140. The number of pyridine rings is 1. The van der Waals surface area contributed by atoms with Crippen LogP contribution in [0.1, 0.15) is 16.7 Å². The third-order valence-corrected chi connectivity index (χ3v) is 5.96. The maximum Gasteiger partial charge on any atom is 0.323 e. The summed E-state index contributed by atoms with van der Waals surface area (Å²) >= 11 is 6.07. The maximum absolute atomic E-state index is 13.2. The topological polar surface area (TPSA) is 101 Å². The highest BCUT2D eigenvalue weighted by atomic mass is 32.2. The summed E-state index contributed by atoms with van der Waals surface area (Å²) in [6, 6.07) is 10.7. The number of nitrogens with zero attached hydrogens (tertiary/aromatic N) is 3. The van der Waals surface area contributed by atoms with Gasteiger partial charge in [0, 0.05) is 6.20 Å². The van der Waals surface area contributed by atoms with Crippen molar-refractivity contribution in [3.63, 3.8) is 0 Å². The van der Waals surface area contributed by atoms with Crippen molar-refractivity contribution in [2.45, 2.75) is 13.8 Å². The van der Waals surface area contributed by atoms with Crippen molar-refractivity contribution in [1.82, 2.24) is 14.3 Å². The first-order valence-electron chi connectivity index (χ1n) is 9.47. The second kappa shape index (κ2) is 8.56. The number of carboxylic acid groups (broad SMARTS) is 1. The predicted molar refractivity (Wildman–Crippen MR) is 125 cm³/mol. The van der Waals surface area contributed by atoms with Gasteiger partial charge >= 0.3 is 5.97 Å². The molecule has 1 fully saturated rings. The van der Waals surface area contributed by atoms with Gasteiger partial charge < -0.3 is 9.84 Å². The molecule has 0 aliphatic carbocycles. The largest absolute Gasteiger partial charge is 0.480 e. The highest BCUT2D eigenvalue weighted by Crippen LogP contribution is 2.34. The molecule has 0 unspecified atom stereocenters. The fourth-order valence-corrected chi connectivity index (χ4v) is 4.53. The zero-order valence-corrected chi connectivity index (χ0v) is 18.7. The number of carbonyl (C=O) groups excluding carboxylic acids is 1. The van der Waals surface area contributed by atoms with E-state index in [2.05, 4.69) is 4.98 Å². The lowest BCUT2D eigenvalue weighted by Gasteiger charge is -2.12. The number of carboxylic acids is 1. The number of hydrogen-bond acceptors (Lipinski definition) is 7. The molecule has 1 saturated heterocycles. The lowest BCUT2D eigenvalue weighted by Crippen LogP contribution is -2.33. The number of fused-ring (bicyclic) bond motifs is 1. The molecular weight excluding hydrogens is 450 g/mol. The SMILES string of the molecule is Cc1cc(C)cc(Oc2nc3ccccn3c(=O)c2C=C2SC(=S)N(CC(=O)O)C2=O)c1. The van der Waals surface area contributed by atoms with E-state index >= 15 is 0 Å². The Balaban J connectivity index is 1.85. The molecule has 0 radical (unpaired) electrons. The van der Waals surface area contributed by atoms with Crippen molar-refractivity contribution in [3.8, 4) is 11.6 Å². The van der Waals surface area contributed by atoms with Crippen LogP contribution in [0.25, 0.3) is 11.7 Å². The number of hydrogen-bond donors (Lipinski definition) is 1. The molecule has 0 spiro atoms. The number of thiocarbonyl (C=S) groups is 1. The van der Waals surface area contributed by atoms with E-state index in [4.69, 9.17) is 22.1 Å². The minimum Gasteiger partial charge on any atom is -0.480 e. The monoisotopic (exact) mass is 467 g/mol. The van der Waals surface area contributed by atoms with E-state index in [1.165, 1.54) is 10.5 Å². The van der Waals surface area contributed by atoms with Crippen molar-refractivity contribution in [2.24, 2.45) is 0 Å². The molecule has 1 aliphatic rings. The molecule has 0 atom stereocenters. The van der Waals surface area contributed by atoms with E-state index in [1.54, 1.807) is 24.4 Å². The maximum atomic E-state index is 13.2. The highest BCUT2D eigenvalue weighted by Gasteiger charge is 2.34. The van der Waals surface area contributed by atoms with E-state index in [-0.39, 0.29) is 20.7 Å². The molecule has 0 bridgehead atoms. The molecular formula is C22H17N3O5S2. The van der Waals surface area contributed by atoms with Crippen molar-refractivity contribution < 1.29 is 19.4 Å². The van der Waals surface area contributed by atoms with Crippen molar-refractivity contribution in [1.29, 1.82) is 0 Å². The lowest BCUT2D eigenvalue weighted by atomic mass is 10.1. The Bertz CT molecular complexity index is 1360.